The number of likely N-dealkylation sites (tertiary alicyclic amines) is 1. The maximum absolute atomic E-state index is 12.5. The van der Waals surface area contributed by atoms with Gasteiger partial charge in [-0.25, -0.2) is 0 Å². The molecule has 8 heteroatoms. The van der Waals surface area contributed by atoms with E-state index in [1.54, 1.807) is 17.0 Å². The molecule has 1 atom stereocenters. The van der Waals surface area contributed by atoms with Crippen LogP contribution in [0.4, 0.5) is 5.69 Å². The zero-order valence-electron chi connectivity index (χ0n) is 15.4. The number of hydrogen-bond acceptors (Lipinski definition) is 6. The van der Waals surface area contributed by atoms with Gasteiger partial charge in [0.15, 0.2) is 5.76 Å². The lowest BCUT2D eigenvalue weighted by atomic mass is 9.98. The Balaban J connectivity index is 1.42. The van der Waals surface area contributed by atoms with Crippen molar-refractivity contribution in [2.75, 3.05) is 18.4 Å². The number of amides is 2. The number of anilines is 1. The second-order valence-corrected chi connectivity index (χ2v) is 7.84. The number of hydrogen-bond donors (Lipinski definition) is 1. The Morgan fingerprint density at radius 3 is 2.79 bits per heavy atom. The van der Waals surface area contributed by atoms with Gasteiger partial charge in [0, 0.05) is 24.7 Å². The highest BCUT2D eigenvalue weighted by atomic mass is 32.1. The third kappa shape index (κ3) is 3.96. The molecule has 4 rings (SSSR count). The van der Waals surface area contributed by atoms with Crippen molar-refractivity contribution in [2.45, 2.75) is 25.7 Å². The van der Waals surface area contributed by atoms with Crippen molar-refractivity contribution in [2.24, 2.45) is 0 Å². The van der Waals surface area contributed by atoms with Crippen molar-refractivity contribution in [1.82, 2.24) is 15.1 Å². The molecule has 28 heavy (non-hydrogen) atoms. The van der Waals surface area contributed by atoms with Crippen LogP contribution in [0.1, 0.15) is 49.7 Å². The highest BCUT2D eigenvalue weighted by molar-refractivity contribution is 7.13. The number of nitrogens with one attached hydrogen (secondary N) is 1. The molecule has 0 saturated carbocycles. The Labute approximate surface area is 166 Å². The number of nitrogens with zero attached hydrogens (tertiary/aromatic N) is 3. The fourth-order valence-electron chi connectivity index (χ4n) is 3.23. The topological polar surface area (TPSA) is 88.3 Å². The molecule has 1 aromatic carbocycles. The van der Waals surface area contributed by atoms with E-state index in [4.69, 9.17) is 4.42 Å². The quantitative estimate of drug-likeness (QED) is 0.726. The minimum atomic E-state index is -0.271. The van der Waals surface area contributed by atoms with Crippen LogP contribution in [0.3, 0.4) is 0 Å². The van der Waals surface area contributed by atoms with Crippen LogP contribution in [0.25, 0.3) is 0 Å². The Hall–Kier alpha value is -3.00. The molecule has 7 nitrogen and oxygen atoms in total. The van der Waals surface area contributed by atoms with Gasteiger partial charge in [0.2, 0.25) is 5.01 Å². The molecule has 3 heterocycles. The first-order chi connectivity index (χ1) is 13.6. The molecule has 0 unspecified atom stereocenters. The third-order valence-corrected chi connectivity index (χ3v) is 5.82. The maximum atomic E-state index is 12.5. The predicted molar refractivity (Wildman–Crippen MR) is 106 cm³/mol. The Bertz CT molecular complexity index is 966. The molecule has 0 spiro atoms. The third-order valence-electron chi connectivity index (χ3n) is 4.73. The summed E-state index contributed by atoms with van der Waals surface area (Å²) in [5.74, 6) is 0.0330. The Morgan fingerprint density at radius 1 is 1.21 bits per heavy atom. The average molecular weight is 396 g/mol. The monoisotopic (exact) mass is 396 g/mol. The lowest BCUT2D eigenvalue weighted by Gasteiger charge is -2.30. The first-order valence-electron chi connectivity index (χ1n) is 9.14. The van der Waals surface area contributed by atoms with E-state index in [1.165, 1.54) is 17.6 Å². The summed E-state index contributed by atoms with van der Waals surface area (Å²) in [6.45, 7) is 3.23. The molecule has 2 amide bonds. The average Bonchev–Trinajstić information content (AvgIpc) is 3.41. The van der Waals surface area contributed by atoms with Crippen LogP contribution in [0.5, 0.6) is 0 Å². The lowest BCUT2D eigenvalue weighted by molar-refractivity contribution is 0.0674. The van der Waals surface area contributed by atoms with Gasteiger partial charge in [-0.2, -0.15) is 0 Å². The molecule has 144 valence electrons. The van der Waals surface area contributed by atoms with Crippen molar-refractivity contribution in [1.29, 1.82) is 0 Å². The van der Waals surface area contributed by atoms with Crippen molar-refractivity contribution in [3.05, 3.63) is 64.0 Å². The highest BCUT2D eigenvalue weighted by Crippen LogP contribution is 2.30. The number of carbonyl (C=O) groups excluding carboxylic acids is 2. The first-order valence-corrected chi connectivity index (χ1v) is 9.96. The summed E-state index contributed by atoms with van der Waals surface area (Å²) >= 11 is 1.29. The smallest absolute Gasteiger partial charge is 0.289 e. The molecular formula is C20H20N4O3S. The molecule has 1 N–H and O–H groups in total. The number of aryl methyl sites for hydroxylation is 1. The van der Waals surface area contributed by atoms with E-state index < -0.39 is 0 Å². The van der Waals surface area contributed by atoms with Crippen LogP contribution in [-0.4, -0.2) is 40.0 Å². The fourth-order valence-corrected chi connectivity index (χ4v) is 4.10. The number of rotatable bonds is 4. The van der Waals surface area contributed by atoms with Gasteiger partial charge in [0.1, 0.15) is 5.01 Å². The Kier molecular flexibility index (Phi) is 5.21. The minimum absolute atomic E-state index is 0.0751. The summed E-state index contributed by atoms with van der Waals surface area (Å²) in [7, 11) is 0. The van der Waals surface area contributed by atoms with Crippen LogP contribution < -0.4 is 5.32 Å². The molecular weight excluding hydrogens is 376 g/mol. The summed E-state index contributed by atoms with van der Waals surface area (Å²) in [4.78, 5) is 26.7. The number of furan rings is 1. The lowest BCUT2D eigenvalue weighted by Crippen LogP contribution is -2.38. The van der Waals surface area contributed by atoms with Gasteiger partial charge in [-0.1, -0.05) is 29.0 Å². The largest absolute Gasteiger partial charge is 0.459 e. The van der Waals surface area contributed by atoms with Gasteiger partial charge in [-0.05, 0) is 44.0 Å². The minimum Gasteiger partial charge on any atom is -0.459 e. The van der Waals surface area contributed by atoms with Crippen LogP contribution >= 0.6 is 11.3 Å². The molecule has 1 fully saturated rings. The van der Waals surface area contributed by atoms with Gasteiger partial charge in [-0.15, -0.1) is 10.2 Å². The zero-order valence-corrected chi connectivity index (χ0v) is 16.2. The van der Waals surface area contributed by atoms with Crippen molar-refractivity contribution >= 4 is 28.8 Å². The predicted octanol–water partition coefficient (Wildman–Crippen LogP) is 3.71. The van der Waals surface area contributed by atoms with Gasteiger partial charge >= 0.3 is 0 Å². The summed E-state index contributed by atoms with van der Waals surface area (Å²) in [5, 5.41) is 12.2. The molecule has 0 bridgehead atoms. The highest BCUT2D eigenvalue weighted by Gasteiger charge is 2.29. The van der Waals surface area contributed by atoms with Crippen LogP contribution in [-0.2, 0) is 0 Å². The summed E-state index contributed by atoms with van der Waals surface area (Å²) in [5.41, 5.74) is 1.85. The second kappa shape index (κ2) is 7.93. The fraction of sp³-hybridized carbons (Fsp3) is 0.300. The summed E-state index contributed by atoms with van der Waals surface area (Å²) in [6, 6.07) is 11.0. The van der Waals surface area contributed by atoms with Crippen LogP contribution in [0.2, 0.25) is 0 Å². The van der Waals surface area contributed by atoms with E-state index in [0.29, 0.717) is 23.9 Å². The molecule has 1 aliphatic rings. The summed E-state index contributed by atoms with van der Waals surface area (Å²) < 4.78 is 5.22. The van der Waals surface area contributed by atoms with Crippen molar-refractivity contribution < 1.29 is 14.0 Å². The van der Waals surface area contributed by atoms with Crippen molar-refractivity contribution in [3.8, 4) is 0 Å². The second-order valence-electron chi connectivity index (χ2n) is 6.83. The number of carbonyl (C=O) groups is 2. The summed E-state index contributed by atoms with van der Waals surface area (Å²) in [6.07, 6.45) is 3.29. The van der Waals surface area contributed by atoms with Crippen LogP contribution in [0, 0.1) is 6.92 Å². The van der Waals surface area contributed by atoms with Crippen LogP contribution in [0.15, 0.2) is 47.1 Å². The van der Waals surface area contributed by atoms with Crippen molar-refractivity contribution in [3.63, 3.8) is 0 Å². The normalized spacial score (nSPS) is 16.8. The van der Waals surface area contributed by atoms with E-state index >= 15 is 0 Å². The van der Waals surface area contributed by atoms with Gasteiger partial charge in [0.25, 0.3) is 11.8 Å². The van der Waals surface area contributed by atoms with Gasteiger partial charge in [0.05, 0.1) is 6.26 Å². The van der Waals surface area contributed by atoms with Gasteiger partial charge in [-0.3, -0.25) is 9.59 Å². The van der Waals surface area contributed by atoms with E-state index in [1.807, 2.05) is 31.2 Å². The van der Waals surface area contributed by atoms with E-state index in [2.05, 4.69) is 15.5 Å². The maximum Gasteiger partial charge on any atom is 0.289 e. The Morgan fingerprint density at radius 2 is 2.04 bits per heavy atom. The number of aromatic nitrogens is 2. The molecule has 1 aliphatic heterocycles. The first kappa shape index (κ1) is 18.4. The number of benzene rings is 1. The molecule has 0 aliphatic carbocycles. The van der Waals surface area contributed by atoms with E-state index in [9.17, 15) is 9.59 Å². The molecule has 0 radical (unpaired) electrons. The molecule has 1 saturated heterocycles. The van der Waals surface area contributed by atoms with E-state index in [0.717, 1.165) is 29.1 Å². The van der Waals surface area contributed by atoms with E-state index in [-0.39, 0.29) is 17.7 Å². The molecule has 2 aromatic heterocycles. The molecule has 3 aromatic rings. The SMILES string of the molecule is Cc1ccc(NC(=O)c2nnc([C@H]3CCCN(C(=O)c4ccco4)C3)s2)cc1. The standard InChI is InChI=1S/C20H20N4O3S/c1-13-6-8-15(9-7-13)21-17(25)19-23-22-18(28-19)14-4-2-10-24(12-14)20(26)16-5-3-11-27-16/h3,5-9,11,14H,2,4,10,12H2,1H3,(H,21,25)/t14-/m0/s1. The van der Waals surface area contributed by atoms with Gasteiger partial charge < -0.3 is 14.6 Å². The zero-order chi connectivity index (χ0) is 19.5. The number of piperidine rings is 1.